The van der Waals surface area contributed by atoms with E-state index < -0.39 is 0 Å². The Balaban J connectivity index is 1.78. The van der Waals surface area contributed by atoms with Crippen LogP contribution in [0.1, 0.15) is 34.2 Å². The van der Waals surface area contributed by atoms with Crippen LogP contribution in [-0.2, 0) is 0 Å². The Kier molecular flexibility index (Phi) is 3.75. The summed E-state index contributed by atoms with van der Waals surface area (Å²) in [5, 5.41) is 12.5. The van der Waals surface area contributed by atoms with Crippen molar-refractivity contribution in [3.63, 3.8) is 0 Å². The molecule has 1 fully saturated rings. The van der Waals surface area contributed by atoms with Gasteiger partial charge in [-0.05, 0) is 30.9 Å². The normalized spacial score (nSPS) is 22.9. The zero-order valence-electron chi connectivity index (χ0n) is 10.8. The van der Waals surface area contributed by atoms with Gasteiger partial charge in [-0.1, -0.05) is 6.07 Å². The monoisotopic (exact) mass is 289 g/mol. The predicted octanol–water partition coefficient (Wildman–Crippen LogP) is 1.78. The lowest BCUT2D eigenvalue weighted by atomic mass is 9.76. The van der Waals surface area contributed by atoms with Crippen molar-refractivity contribution in [1.82, 2.24) is 15.3 Å². The van der Waals surface area contributed by atoms with Crippen molar-refractivity contribution in [2.45, 2.75) is 25.0 Å². The number of pyridine rings is 1. The van der Waals surface area contributed by atoms with Crippen molar-refractivity contribution in [2.75, 3.05) is 0 Å². The Hall–Kier alpha value is -1.79. The lowest BCUT2D eigenvalue weighted by molar-refractivity contribution is 0.0228. The average Bonchev–Trinajstić information content (AvgIpc) is 2.97. The molecule has 0 aromatic carbocycles. The van der Waals surface area contributed by atoms with E-state index in [-0.39, 0.29) is 24.0 Å². The molecule has 2 N–H and O–H groups in total. The standard InChI is InChI=1S/C14H15N3O2S/c18-10-5-9(6-10)13(11-3-1-2-4-16-11)17-14(19)12-7-15-8-20-12/h1-4,7-10,13,18H,5-6H2,(H,17,19)/t9?,10?,13-/m0/s1. The lowest BCUT2D eigenvalue weighted by Crippen LogP contribution is -2.41. The maximum Gasteiger partial charge on any atom is 0.263 e. The first-order chi connectivity index (χ1) is 9.74. The summed E-state index contributed by atoms with van der Waals surface area (Å²) in [6.45, 7) is 0. The van der Waals surface area contributed by atoms with Crippen molar-refractivity contribution in [3.05, 3.63) is 46.7 Å². The predicted molar refractivity (Wildman–Crippen MR) is 75.3 cm³/mol. The molecule has 3 rings (SSSR count). The molecular weight excluding hydrogens is 274 g/mol. The number of thiazole rings is 1. The first kappa shape index (κ1) is 13.2. The number of hydrogen-bond donors (Lipinski definition) is 2. The Labute approximate surface area is 120 Å². The van der Waals surface area contributed by atoms with E-state index in [0.29, 0.717) is 17.7 Å². The van der Waals surface area contributed by atoms with Gasteiger partial charge in [0, 0.05) is 6.20 Å². The lowest BCUT2D eigenvalue weighted by Gasteiger charge is -2.37. The Bertz CT molecular complexity index is 567. The fourth-order valence-corrected chi connectivity index (χ4v) is 2.96. The van der Waals surface area contributed by atoms with E-state index in [1.54, 1.807) is 17.9 Å². The summed E-state index contributed by atoms with van der Waals surface area (Å²) in [5.41, 5.74) is 2.47. The minimum absolute atomic E-state index is 0.135. The summed E-state index contributed by atoms with van der Waals surface area (Å²) in [6, 6.07) is 5.50. The van der Waals surface area contributed by atoms with E-state index in [0.717, 1.165) is 5.69 Å². The molecule has 0 unspecified atom stereocenters. The highest BCUT2D eigenvalue weighted by Crippen LogP contribution is 2.37. The first-order valence-electron chi connectivity index (χ1n) is 6.52. The van der Waals surface area contributed by atoms with Gasteiger partial charge in [0.15, 0.2) is 0 Å². The number of nitrogens with one attached hydrogen (secondary N) is 1. The molecule has 6 heteroatoms. The van der Waals surface area contributed by atoms with Gasteiger partial charge in [0.1, 0.15) is 4.88 Å². The van der Waals surface area contributed by atoms with Gasteiger partial charge in [0.2, 0.25) is 0 Å². The number of aromatic nitrogens is 2. The molecule has 1 atom stereocenters. The second-order valence-electron chi connectivity index (χ2n) is 4.96. The zero-order chi connectivity index (χ0) is 13.9. The van der Waals surface area contributed by atoms with Gasteiger partial charge in [-0.2, -0.15) is 0 Å². The molecule has 1 aliphatic carbocycles. The summed E-state index contributed by atoms with van der Waals surface area (Å²) < 4.78 is 0. The molecule has 2 heterocycles. The summed E-state index contributed by atoms with van der Waals surface area (Å²) in [5.74, 6) is 0.0984. The van der Waals surface area contributed by atoms with Crippen molar-refractivity contribution >= 4 is 17.2 Å². The topological polar surface area (TPSA) is 75.1 Å². The van der Waals surface area contributed by atoms with Gasteiger partial charge < -0.3 is 10.4 Å². The average molecular weight is 289 g/mol. The smallest absolute Gasteiger partial charge is 0.263 e. The highest BCUT2D eigenvalue weighted by Gasteiger charge is 2.36. The molecule has 2 aromatic heterocycles. The molecule has 0 bridgehead atoms. The number of aliphatic hydroxyl groups excluding tert-OH is 1. The van der Waals surface area contributed by atoms with E-state index in [1.807, 2.05) is 18.2 Å². The number of carbonyl (C=O) groups is 1. The van der Waals surface area contributed by atoms with Crippen molar-refractivity contribution in [3.8, 4) is 0 Å². The summed E-state index contributed by atoms with van der Waals surface area (Å²) in [4.78, 5) is 21.0. The second-order valence-corrected chi connectivity index (χ2v) is 5.84. The zero-order valence-corrected chi connectivity index (χ0v) is 11.6. The van der Waals surface area contributed by atoms with Crippen LogP contribution in [0.4, 0.5) is 0 Å². The van der Waals surface area contributed by atoms with Gasteiger partial charge in [0.05, 0.1) is 29.5 Å². The molecule has 104 valence electrons. The maximum absolute atomic E-state index is 12.2. The van der Waals surface area contributed by atoms with Crippen LogP contribution in [-0.4, -0.2) is 27.1 Å². The molecule has 1 saturated carbocycles. The molecule has 20 heavy (non-hydrogen) atoms. The fraction of sp³-hybridized carbons (Fsp3) is 0.357. The van der Waals surface area contributed by atoms with Crippen LogP contribution in [0.15, 0.2) is 36.1 Å². The van der Waals surface area contributed by atoms with Crippen molar-refractivity contribution in [1.29, 1.82) is 0 Å². The number of hydrogen-bond acceptors (Lipinski definition) is 5. The molecule has 5 nitrogen and oxygen atoms in total. The van der Waals surface area contributed by atoms with Crippen LogP contribution in [0.3, 0.4) is 0 Å². The van der Waals surface area contributed by atoms with Crippen LogP contribution < -0.4 is 5.32 Å². The summed E-state index contributed by atoms with van der Waals surface area (Å²) in [7, 11) is 0. The van der Waals surface area contributed by atoms with E-state index in [2.05, 4.69) is 15.3 Å². The maximum atomic E-state index is 12.2. The van der Waals surface area contributed by atoms with Crippen LogP contribution in [0.25, 0.3) is 0 Å². The van der Waals surface area contributed by atoms with Gasteiger partial charge in [-0.15, -0.1) is 11.3 Å². The van der Waals surface area contributed by atoms with E-state index in [1.165, 1.54) is 11.3 Å². The Morgan fingerprint density at radius 3 is 2.90 bits per heavy atom. The number of nitrogens with zero attached hydrogens (tertiary/aromatic N) is 2. The second kappa shape index (κ2) is 5.68. The highest BCUT2D eigenvalue weighted by molar-refractivity contribution is 7.11. The van der Waals surface area contributed by atoms with Crippen molar-refractivity contribution < 1.29 is 9.90 Å². The van der Waals surface area contributed by atoms with Gasteiger partial charge in [-0.25, -0.2) is 0 Å². The number of rotatable bonds is 4. The molecular formula is C14H15N3O2S. The Morgan fingerprint density at radius 1 is 1.45 bits per heavy atom. The number of carbonyl (C=O) groups excluding carboxylic acids is 1. The highest BCUT2D eigenvalue weighted by atomic mass is 32.1. The summed E-state index contributed by atoms with van der Waals surface area (Å²) in [6.07, 6.45) is 4.42. The fourth-order valence-electron chi connectivity index (χ4n) is 2.44. The molecule has 0 saturated heterocycles. The van der Waals surface area contributed by atoms with Gasteiger partial charge in [0.25, 0.3) is 5.91 Å². The minimum atomic E-state index is -0.258. The molecule has 2 aromatic rings. The van der Waals surface area contributed by atoms with Crippen LogP contribution >= 0.6 is 11.3 Å². The third-order valence-electron chi connectivity index (χ3n) is 3.57. The minimum Gasteiger partial charge on any atom is -0.393 e. The molecule has 1 aliphatic rings. The third-order valence-corrected chi connectivity index (χ3v) is 4.34. The SMILES string of the molecule is O=C(N[C@H](c1ccccn1)C1CC(O)C1)c1cncs1. The van der Waals surface area contributed by atoms with Gasteiger partial charge in [-0.3, -0.25) is 14.8 Å². The molecule has 1 amide bonds. The Morgan fingerprint density at radius 2 is 2.30 bits per heavy atom. The molecule has 0 radical (unpaired) electrons. The third kappa shape index (κ3) is 2.71. The van der Waals surface area contributed by atoms with Crippen LogP contribution in [0, 0.1) is 5.92 Å². The number of aliphatic hydroxyl groups is 1. The van der Waals surface area contributed by atoms with E-state index in [9.17, 15) is 9.90 Å². The van der Waals surface area contributed by atoms with Crippen molar-refractivity contribution in [2.24, 2.45) is 5.92 Å². The first-order valence-corrected chi connectivity index (χ1v) is 7.40. The largest absolute Gasteiger partial charge is 0.393 e. The molecule has 0 aliphatic heterocycles. The number of amides is 1. The summed E-state index contributed by atoms with van der Waals surface area (Å²) >= 11 is 1.31. The van der Waals surface area contributed by atoms with Crippen LogP contribution in [0.2, 0.25) is 0 Å². The van der Waals surface area contributed by atoms with Crippen LogP contribution in [0.5, 0.6) is 0 Å². The van der Waals surface area contributed by atoms with Gasteiger partial charge >= 0.3 is 0 Å². The molecule has 0 spiro atoms. The van der Waals surface area contributed by atoms with E-state index >= 15 is 0 Å². The quantitative estimate of drug-likeness (QED) is 0.899. The van der Waals surface area contributed by atoms with E-state index in [4.69, 9.17) is 0 Å².